The van der Waals surface area contributed by atoms with Crippen LogP contribution in [0.15, 0.2) is 12.3 Å². The van der Waals surface area contributed by atoms with E-state index in [2.05, 4.69) is 31.6 Å². The standard InChI is InChI=1S/C19H26N6S/c26-17-15-9-13-10-21-18(23-14-5-4-8-20-11-14)24-16(13)25(15)19(12-22-17)6-2-1-3-7-19/h9-10,14,20H,1-8,11-12H2,(H,22,26)(H,21,23,24)/t14-/m0/s1. The summed E-state index contributed by atoms with van der Waals surface area (Å²) >= 11 is 5.61. The summed E-state index contributed by atoms with van der Waals surface area (Å²) in [5, 5.41) is 11.5. The summed E-state index contributed by atoms with van der Waals surface area (Å²) in [6.07, 6.45) is 10.6. The minimum atomic E-state index is 0.107. The molecule has 0 radical (unpaired) electrons. The fraction of sp³-hybridized carbons (Fsp3) is 0.632. The second kappa shape index (κ2) is 6.46. The number of rotatable bonds is 2. The SMILES string of the molecule is S=C1NCC2(CCCCC2)n2c1cc1cnc(N[C@H]3CCCNC3)nc12. The molecular formula is C19H26N6S. The monoisotopic (exact) mass is 370 g/mol. The second-order valence-corrected chi connectivity index (χ2v) is 8.40. The lowest BCUT2D eigenvalue weighted by Gasteiger charge is -2.43. The zero-order chi connectivity index (χ0) is 17.6. The summed E-state index contributed by atoms with van der Waals surface area (Å²) in [7, 11) is 0. The van der Waals surface area contributed by atoms with Crippen molar-refractivity contribution in [2.45, 2.75) is 56.5 Å². The number of piperidine rings is 1. The smallest absolute Gasteiger partial charge is 0.224 e. The van der Waals surface area contributed by atoms with E-state index in [4.69, 9.17) is 17.2 Å². The van der Waals surface area contributed by atoms with E-state index in [1.807, 2.05) is 6.20 Å². The van der Waals surface area contributed by atoms with Crippen molar-refractivity contribution in [2.24, 2.45) is 0 Å². The van der Waals surface area contributed by atoms with Crippen LogP contribution in [0.5, 0.6) is 0 Å². The van der Waals surface area contributed by atoms with Crippen LogP contribution in [0, 0.1) is 0 Å². The summed E-state index contributed by atoms with van der Waals surface area (Å²) in [6, 6.07) is 2.56. The van der Waals surface area contributed by atoms with Crippen LogP contribution >= 0.6 is 12.2 Å². The van der Waals surface area contributed by atoms with Crippen LogP contribution < -0.4 is 16.0 Å². The third kappa shape index (κ3) is 2.68. The number of nitrogens with one attached hydrogen (secondary N) is 3. The minimum absolute atomic E-state index is 0.107. The molecule has 3 aliphatic rings. The number of anilines is 1. The first-order valence-electron chi connectivity index (χ1n) is 9.90. The number of aromatic nitrogens is 3. The van der Waals surface area contributed by atoms with Gasteiger partial charge >= 0.3 is 0 Å². The zero-order valence-electron chi connectivity index (χ0n) is 15.1. The Labute approximate surface area is 159 Å². The van der Waals surface area contributed by atoms with Gasteiger partial charge in [0.25, 0.3) is 0 Å². The minimum Gasteiger partial charge on any atom is -0.372 e. The molecule has 1 spiro atoms. The molecule has 2 aliphatic heterocycles. The van der Waals surface area contributed by atoms with Crippen molar-refractivity contribution in [3.05, 3.63) is 18.0 Å². The average molecular weight is 371 g/mol. The molecule has 2 fully saturated rings. The van der Waals surface area contributed by atoms with Gasteiger partial charge in [0.15, 0.2) is 0 Å². The van der Waals surface area contributed by atoms with E-state index in [0.29, 0.717) is 6.04 Å². The van der Waals surface area contributed by atoms with Crippen molar-refractivity contribution < 1.29 is 0 Å². The molecule has 4 heterocycles. The first kappa shape index (κ1) is 16.4. The van der Waals surface area contributed by atoms with E-state index in [9.17, 15) is 0 Å². The summed E-state index contributed by atoms with van der Waals surface area (Å²) in [6.45, 7) is 3.00. The maximum atomic E-state index is 5.61. The number of nitrogens with zero attached hydrogens (tertiary/aromatic N) is 3. The van der Waals surface area contributed by atoms with Gasteiger partial charge in [0.05, 0.1) is 11.2 Å². The van der Waals surface area contributed by atoms with Crippen LogP contribution in [0.4, 0.5) is 5.95 Å². The van der Waals surface area contributed by atoms with Crippen molar-refractivity contribution in [3.63, 3.8) is 0 Å². The largest absolute Gasteiger partial charge is 0.372 e. The molecule has 1 atom stereocenters. The molecule has 1 saturated heterocycles. The Balaban J connectivity index is 1.57. The predicted octanol–water partition coefficient (Wildman–Crippen LogP) is 2.53. The Morgan fingerprint density at radius 2 is 2.12 bits per heavy atom. The second-order valence-electron chi connectivity index (χ2n) is 7.99. The van der Waals surface area contributed by atoms with Crippen LogP contribution in [0.1, 0.15) is 50.6 Å². The summed E-state index contributed by atoms with van der Waals surface area (Å²) in [5.41, 5.74) is 2.25. The maximum absolute atomic E-state index is 5.61. The lowest BCUT2D eigenvalue weighted by molar-refractivity contribution is 0.193. The highest BCUT2D eigenvalue weighted by Crippen LogP contribution is 2.40. The molecule has 7 heteroatoms. The molecule has 0 aromatic carbocycles. The highest BCUT2D eigenvalue weighted by atomic mass is 32.1. The fourth-order valence-electron chi connectivity index (χ4n) is 4.89. The van der Waals surface area contributed by atoms with E-state index in [-0.39, 0.29) is 5.54 Å². The van der Waals surface area contributed by atoms with Crippen molar-refractivity contribution in [1.82, 2.24) is 25.2 Å². The van der Waals surface area contributed by atoms with Crippen LogP contribution in [0.3, 0.4) is 0 Å². The van der Waals surface area contributed by atoms with E-state index >= 15 is 0 Å². The van der Waals surface area contributed by atoms with Crippen molar-refractivity contribution in [3.8, 4) is 0 Å². The first-order valence-corrected chi connectivity index (χ1v) is 10.3. The lowest BCUT2D eigenvalue weighted by Crippen LogP contribution is -2.52. The molecular weight excluding hydrogens is 344 g/mol. The van der Waals surface area contributed by atoms with Gasteiger partial charge in [-0.05, 0) is 38.3 Å². The molecule has 2 aromatic rings. The predicted molar refractivity (Wildman–Crippen MR) is 108 cm³/mol. The van der Waals surface area contributed by atoms with Gasteiger partial charge in [0.2, 0.25) is 5.95 Å². The highest BCUT2D eigenvalue weighted by molar-refractivity contribution is 7.80. The van der Waals surface area contributed by atoms with Gasteiger partial charge in [-0.3, -0.25) is 0 Å². The van der Waals surface area contributed by atoms with Gasteiger partial charge in [-0.1, -0.05) is 31.5 Å². The molecule has 6 nitrogen and oxygen atoms in total. The van der Waals surface area contributed by atoms with Crippen LogP contribution in [-0.2, 0) is 5.54 Å². The van der Waals surface area contributed by atoms with Gasteiger partial charge in [-0.15, -0.1) is 0 Å². The highest BCUT2D eigenvalue weighted by Gasteiger charge is 2.40. The maximum Gasteiger partial charge on any atom is 0.224 e. The quantitative estimate of drug-likeness (QED) is 0.706. The van der Waals surface area contributed by atoms with Crippen molar-refractivity contribution >= 4 is 34.2 Å². The third-order valence-corrected chi connectivity index (χ3v) is 6.59. The number of hydrogen-bond acceptors (Lipinski definition) is 5. The molecule has 1 saturated carbocycles. The summed E-state index contributed by atoms with van der Waals surface area (Å²) in [4.78, 5) is 10.4. The van der Waals surface area contributed by atoms with E-state index < -0.39 is 0 Å². The molecule has 138 valence electrons. The summed E-state index contributed by atoms with van der Waals surface area (Å²) in [5.74, 6) is 0.738. The third-order valence-electron chi connectivity index (χ3n) is 6.24. The average Bonchev–Trinajstić information content (AvgIpc) is 3.07. The molecule has 0 bridgehead atoms. The Morgan fingerprint density at radius 3 is 2.92 bits per heavy atom. The molecule has 0 amide bonds. The molecule has 3 N–H and O–H groups in total. The number of hydrogen-bond donors (Lipinski definition) is 3. The number of thiocarbonyl (C=S) groups is 1. The van der Waals surface area contributed by atoms with Crippen LogP contribution in [0.2, 0.25) is 0 Å². The normalized spacial score (nSPS) is 25.1. The van der Waals surface area contributed by atoms with Gasteiger partial charge in [-0.2, -0.15) is 4.98 Å². The van der Waals surface area contributed by atoms with E-state index in [0.717, 1.165) is 47.3 Å². The van der Waals surface area contributed by atoms with Crippen molar-refractivity contribution in [2.75, 3.05) is 25.0 Å². The fourth-order valence-corrected chi connectivity index (χ4v) is 5.11. The first-order chi connectivity index (χ1) is 12.8. The lowest BCUT2D eigenvalue weighted by atomic mass is 9.80. The Morgan fingerprint density at radius 1 is 1.23 bits per heavy atom. The van der Waals surface area contributed by atoms with Crippen molar-refractivity contribution in [1.29, 1.82) is 0 Å². The molecule has 0 unspecified atom stereocenters. The summed E-state index contributed by atoms with van der Waals surface area (Å²) < 4.78 is 2.44. The Bertz CT molecular complexity index is 832. The molecule has 1 aliphatic carbocycles. The van der Waals surface area contributed by atoms with Crippen LogP contribution in [0.25, 0.3) is 11.0 Å². The Hall–Kier alpha value is -1.73. The van der Waals surface area contributed by atoms with Gasteiger partial charge in [-0.25, -0.2) is 4.98 Å². The van der Waals surface area contributed by atoms with Gasteiger partial charge in [0.1, 0.15) is 10.6 Å². The molecule has 5 rings (SSSR count). The zero-order valence-corrected chi connectivity index (χ0v) is 15.9. The number of fused-ring (bicyclic) bond motifs is 4. The molecule has 2 aromatic heterocycles. The van der Waals surface area contributed by atoms with E-state index in [1.54, 1.807) is 0 Å². The van der Waals surface area contributed by atoms with Gasteiger partial charge < -0.3 is 20.5 Å². The molecule has 26 heavy (non-hydrogen) atoms. The topological polar surface area (TPSA) is 66.8 Å². The Kier molecular flexibility index (Phi) is 4.09. The van der Waals surface area contributed by atoms with Gasteiger partial charge in [0, 0.05) is 30.7 Å². The van der Waals surface area contributed by atoms with E-state index in [1.165, 1.54) is 44.9 Å². The van der Waals surface area contributed by atoms with Crippen LogP contribution in [-0.4, -0.2) is 45.2 Å².